The van der Waals surface area contributed by atoms with E-state index < -0.39 is 5.41 Å². The highest BCUT2D eigenvalue weighted by atomic mass is 32.1. The molecule has 0 saturated carbocycles. The standard InChI is InChI=1S/C29H29N3O2S/c30-28(33)29(23-7-3-1-4-8-23,24-9-5-2-6-10-24)25-15-17-32(21-25)18-19-34-26-13-11-22(12-14-26)27-31-16-20-35-27/h1-14,16,20,25H,15,17-19,21H2,(H2,30,33)/t25-/m1/s1. The minimum absolute atomic E-state index is 0.0855. The Morgan fingerprint density at radius 3 is 2.23 bits per heavy atom. The largest absolute Gasteiger partial charge is 0.492 e. The van der Waals surface area contributed by atoms with Crippen LogP contribution in [0.4, 0.5) is 0 Å². The van der Waals surface area contributed by atoms with Crippen molar-refractivity contribution < 1.29 is 9.53 Å². The number of likely N-dealkylation sites (tertiary alicyclic amines) is 1. The zero-order valence-electron chi connectivity index (χ0n) is 19.5. The molecule has 178 valence electrons. The van der Waals surface area contributed by atoms with Crippen LogP contribution in [-0.2, 0) is 10.2 Å². The molecule has 5 nitrogen and oxygen atoms in total. The van der Waals surface area contributed by atoms with Crippen LogP contribution < -0.4 is 10.5 Å². The summed E-state index contributed by atoms with van der Waals surface area (Å²) in [5.41, 5.74) is 8.36. The Kier molecular flexibility index (Phi) is 6.93. The van der Waals surface area contributed by atoms with Crippen LogP contribution in [-0.4, -0.2) is 42.0 Å². The number of amides is 1. The van der Waals surface area contributed by atoms with E-state index in [2.05, 4.69) is 9.88 Å². The van der Waals surface area contributed by atoms with E-state index in [4.69, 9.17) is 10.5 Å². The molecule has 1 aromatic heterocycles. The average Bonchev–Trinajstić information content (AvgIpc) is 3.60. The number of rotatable bonds is 9. The molecule has 2 N–H and O–H groups in total. The van der Waals surface area contributed by atoms with E-state index in [1.165, 1.54) is 0 Å². The number of hydrogen-bond donors (Lipinski definition) is 1. The second-order valence-corrected chi connectivity index (χ2v) is 9.80. The van der Waals surface area contributed by atoms with Crippen molar-refractivity contribution in [3.05, 3.63) is 108 Å². The van der Waals surface area contributed by atoms with E-state index in [0.29, 0.717) is 6.61 Å². The molecule has 1 fully saturated rings. The molecule has 1 amide bonds. The summed E-state index contributed by atoms with van der Waals surface area (Å²) in [6, 6.07) is 28.1. The number of aromatic nitrogens is 1. The Morgan fingerprint density at radius 1 is 1.00 bits per heavy atom. The monoisotopic (exact) mass is 483 g/mol. The molecule has 3 aromatic carbocycles. The lowest BCUT2D eigenvalue weighted by atomic mass is 9.64. The molecule has 0 radical (unpaired) electrons. The van der Waals surface area contributed by atoms with E-state index >= 15 is 0 Å². The summed E-state index contributed by atoms with van der Waals surface area (Å²) in [5, 5.41) is 2.99. The van der Waals surface area contributed by atoms with E-state index in [-0.39, 0.29) is 11.8 Å². The van der Waals surface area contributed by atoms with E-state index in [1.54, 1.807) is 11.3 Å². The van der Waals surface area contributed by atoms with Crippen molar-refractivity contribution in [3.8, 4) is 16.3 Å². The van der Waals surface area contributed by atoms with Gasteiger partial charge in [-0.05, 0) is 54.3 Å². The maximum Gasteiger partial charge on any atom is 0.232 e. The van der Waals surface area contributed by atoms with Crippen molar-refractivity contribution in [2.75, 3.05) is 26.2 Å². The quantitative estimate of drug-likeness (QED) is 0.364. The summed E-state index contributed by atoms with van der Waals surface area (Å²) in [4.78, 5) is 19.9. The lowest BCUT2D eigenvalue weighted by molar-refractivity contribution is -0.123. The molecule has 0 aliphatic carbocycles. The number of thiazole rings is 1. The normalized spacial score (nSPS) is 16.3. The summed E-state index contributed by atoms with van der Waals surface area (Å²) >= 11 is 1.63. The van der Waals surface area contributed by atoms with Crippen molar-refractivity contribution in [1.29, 1.82) is 0 Å². The van der Waals surface area contributed by atoms with Gasteiger partial charge in [0, 0.05) is 30.2 Å². The van der Waals surface area contributed by atoms with Crippen molar-refractivity contribution >= 4 is 17.2 Å². The summed E-state index contributed by atoms with van der Waals surface area (Å²) < 4.78 is 6.03. The highest BCUT2D eigenvalue weighted by molar-refractivity contribution is 7.13. The number of nitrogens with zero attached hydrogens (tertiary/aromatic N) is 2. The third-order valence-corrected chi connectivity index (χ3v) is 7.76. The summed E-state index contributed by atoms with van der Waals surface area (Å²) in [6.45, 7) is 3.08. The second-order valence-electron chi connectivity index (χ2n) is 8.90. The minimum Gasteiger partial charge on any atom is -0.492 e. The Hall–Kier alpha value is -3.48. The number of primary amides is 1. The third kappa shape index (κ3) is 4.72. The molecular weight excluding hydrogens is 454 g/mol. The molecule has 4 aromatic rings. The van der Waals surface area contributed by atoms with Gasteiger partial charge in [-0.1, -0.05) is 60.7 Å². The smallest absolute Gasteiger partial charge is 0.232 e. The van der Waals surface area contributed by atoms with Crippen LogP contribution in [0.25, 0.3) is 10.6 Å². The molecule has 5 rings (SSSR count). The number of carbonyl (C=O) groups excluding carboxylic acids is 1. The van der Waals surface area contributed by atoms with Gasteiger partial charge in [0.2, 0.25) is 5.91 Å². The summed E-state index contributed by atoms with van der Waals surface area (Å²) in [7, 11) is 0. The van der Waals surface area contributed by atoms with Gasteiger partial charge in [-0.15, -0.1) is 11.3 Å². The number of hydrogen-bond acceptors (Lipinski definition) is 5. The molecule has 1 aliphatic rings. The zero-order chi connectivity index (χ0) is 24.1. The first-order chi connectivity index (χ1) is 17.2. The third-order valence-electron chi connectivity index (χ3n) is 6.94. The average molecular weight is 484 g/mol. The number of nitrogens with two attached hydrogens (primary N) is 1. The fraction of sp³-hybridized carbons (Fsp3) is 0.241. The zero-order valence-corrected chi connectivity index (χ0v) is 20.4. The molecule has 2 heterocycles. The van der Waals surface area contributed by atoms with Crippen LogP contribution in [0, 0.1) is 5.92 Å². The maximum atomic E-state index is 13.2. The predicted octanol–water partition coefficient (Wildman–Crippen LogP) is 4.98. The van der Waals surface area contributed by atoms with Gasteiger partial charge >= 0.3 is 0 Å². The molecule has 0 spiro atoms. The maximum absolute atomic E-state index is 13.2. The number of benzene rings is 3. The second kappa shape index (κ2) is 10.4. The van der Waals surface area contributed by atoms with E-state index in [0.717, 1.165) is 53.5 Å². The molecule has 0 bridgehead atoms. The fourth-order valence-corrected chi connectivity index (χ4v) is 5.91. The van der Waals surface area contributed by atoms with Crippen molar-refractivity contribution in [3.63, 3.8) is 0 Å². The number of ether oxygens (including phenoxy) is 1. The molecule has 0 unspecified atom stereocenters. The van der Waals surface area contributed by atoms with Crippen molar-refractivity contribution in [2.45, 2.75) is 11.8 Å². The highest BCUT2D eigenvalue weighted by Gasteiger charge is 2.49. The van der Waals surface area contributed by atoms with E-state index in [9.17, 15) is 4.79 Å². The van der Waals surface area contributed by atoms with Gasteiger partial charge in [0.05, 0.1) is 0 Å². The molecule has 1 atom stereocenters. The molecule has 6 heteroatoms. The lowest BCUT2D eigenvalue weighted by Gasteiger charge is -2.37. The molecule has 1 saturated heterocycles. The van der Waals surface area contributed by atoms with Crippen LogP contribution >= 0.6 is 11.3 Å². The lowest BCUT2D eigenvalue weighted by Crippen LogP contribution is -2.49. The molecule has 35 heavy (non-hydrogen) atoms. The first-order valence-corrected chi connectivity index (χ1v) is 12.8. The van der Waals surface area contributed by atoms with Crippen LogP contribution in [0.3, 0.4) is 0 Å². The SMILES string of the molecule is NC(=O)C(c1ccccc1)(c1ccccc1)[C@@H]1CCN(CCOc2ccc(-c3nccs3)cc2)C1. The summed E-state index contributed by atoms with van der Waals surface area (Å²) in [5.74, 6) is 0.641. The number of carbonyl (C=O) groups is 1. The topological polar surface area (TPSA) is 68.5 Å². The molecular formula is C29H29N3O2S. The van der Waals surface area contributed by atoms with Crippen molar-refractivity contribution in [2.24, 2.45) is 11.7 Å². The van der Waals surface area contributed by atoms with Gasteiger partial charge in [0.25, 0.3) is 0 Å². The van der Waals surface area contributed by atoms with Gasteiger partial charge in [0.15, 0.2) is 0 Å². The first kappa shape index (κ1) is 23.3. The van der Waals surface area contributed by atoms with Gasteiger partial charge in [-0.3, -0.25) is 9.69 Å². The fourth-order valence-electron chi connectivity index (χ4n) is 5.27. The Morgan fingerprint density at radius 2 is 1.66 bits per heavy atom. The van der Waals surface area contributed by atoms with Crippen LogP contribution in [0.1, 0.15) is 17.5 Å². The Bertz CT molecular complexity index is 1190. The van der Waals surface area contributed by atoms with Gasteiger partial charge in [-0.2, -0.15) is 0 Å². The van der Waals surface area contributed by atoms with Gasteiger partial charge < -0.3 is 10.5 Å². The first-order valence-electron chi connectivity index (χ1n) is 11.9. The molecule has 1 aliphatic heterocycles. The Labute approximate surface area is 210 Å². The Balaban J connectivity index is 1.27. The van der Waals surface area contributed by atoms with Gasteiger partial charge in [0.1, 0.15) is 22.8 Å². The predicted molar refractivity (Wildman–Crippen MR) is 140 cm³/mol. The van der Waals surface area contributed by atoms with Gasteiger partial charge in [-0.25, -0.2) is 4.98 Å². The van der Waals surface area contributed by atoms with Crippen LogP contribution in [0.2, 0.25) is 0 Å². The van der Waals surface area contributed by atoms with Crippen LogP contribution in [0.15, 0.2) is 96.5 Å². The van der Waals surface area contributed by atoms with E-state index in [1.807, 2.05) is 96.5 Å². The van der Waals surface area contributed by atoms with Crippen LogP contribution in [0.5, 0.6) is 5.75 Å². The summed E-state index contributed by atoms with van der Waals surface area (Å²) in [6.07, 6.45) is 2.71. The highest BCUT2D eigenvalue weighted by Crippen LogP contribution is 2.43. The minimum atomic E-state index is -0.857. The van der Waals surface area contributed by atoms with Crippen molar-refractivity contribution in [1.82, 2.24) is 9.88 Å².